The number of amides is 1. The summed E-state index contributed by atoms with van der Waals surface area (Å²) in [5.41, 5.74) is 0.182. The molecular weight excluding hydrogens is 509 g/mol. The third-order valence-corrected chi connectivity index (χ3v) is 7.07. The summed E-state index contributed by atoms with van der Waals surface area (Å²) in [6.07, 6.45) is -2.73. The normalized spacial score (nSPS) is 11.8. The predicted molar refractivity (Wildman–Crippen MR) is 138 cm³/mol. The number of benzene rings is 2. The molecule has 2 N–H and O–H groups in total. The lowest BCUT2D eigenvalue weighted by atomic mass is 9.81. The first kappa shape index (κ1) is 27.7. The van der Waals surface area contributed by atoms with E-state index in [1.54, 1.807) is 44.2 Å². The number of nitrogens with one attached hydrogen (secondary N) is 2. The molecule has 0 spiro atoms. The van der Waals surface area contributed by atoms with Crippen molar-refractivity contribution < 1.29 is 13.6 Å². The maximum absolute atomic E-state index is 13.6. The number of aromatic nitrogens is 3. The first-order valence-electron chi connectivity index (χ1n) is 11.7. The van der Waals surface area contributed by atoms with Crippen molar-refractivity contribution in [3.63, 3.8) is 0 Å². The number of nitrogens with zero attached hydrogens (tertiary/aromatic N) is 2. The van der Waals surface area contributed by atoms with Crippen LogP contribution in [0.3, 0.4) is 0 Å². The Balaban J connectivity index is 1.94. The van der Waals surface area contributed by atoms with E-state index in [2.05, 4.69) is 20.3 Å². The second-order valence-electron chi connectivity index (χ2n) is 8.88. The van der Waals surface area contributed by atoms with Crippen LogP contribution in [0, 0.1) is 5.41 Å². The van der Waals surface area contributed by atoms with Gasteiger partial charge >= 0.3 is 5.69 Å². The van der Waals surface area contributed by atoms with Crippen LogP contribution in [-0.4, -0.2) is 27.3 Å². The van der Waals surface area contributed by atoms with Crippen LogP contribution in [0.25, 0.3) is 22.8 Å². The summed E-state index contributed by atoms with van der Waals surface area (Å²) >= 11 is 12.7. The monoisotopic (exact) mass is 536 g/mol. The summed E-state index contributed by atoms with van der Waals surface area (Å²) in [7, 11) is 0. The topological polar surface area (TPSA) is 87.7 Å². The van der Waals surface area contributed by atoms with Crippen molar-refractivity contribution >= 4 is 29.1 Å². The van der Waals surface area contributed by atoms with E-state index in [0.29, 0.717) is 26.7 Å². The van der Waals surface area contributed by atoms with E-state index in [-0.39, 0.29) is 37.0 Å². The first-order valence-corrected chi connectivity index (χ1v) is 12.4. The molecular formula is C26H28Cl2F2N4O2. The van der Waals surface area contributed by atoms with Crippen molar-refractivity contribution in [1.82, 2.24) is 20.3 Å². The van der Waals surface area contributed by atoms with Gasteiger partial charge in [0.25, 0.3) is 6.43 Å². The Bertz CT molecular complexity index is 1310. The maximum atomic E-state index is 13.6. The van der Waals surface area contributed by atoms with Gasteiger partial charge in [-0.2, -0.15) is 4.98 Å². The van der Waals surface area contributed by atoms with Crippen LogP contribution in [0.2, 0.25) is 10.0 Å². The van der Waals surface area contributed by atoms with Crippen LogP contribution in [0.4, 0.5) is 8.78 Å². The molecule has 1 amide bonds. The molecule has 0 aliphatic rings. The van der Waals surface area contributed by atoms with Gasteiger partial charge in [0.05, 0.1) is 5.02 Å². The highest BCUT2D eigenvalue weighted by Gasteiger charge is 2.43. The first-order chi connectivity index (χ1) is 17.0. The Labute approximate surface area is 218 Å². The molecule has 0 fully saturated rings. The van der Waals surface area contributed by atoms with E-state index in [0.717, 1.165) is 5.56 Å². The van der Waals surface area contributed by atoms with Crippen molar-refractivity contribution in [2.75, 3.05) is 0 Å². The lowest BCUT2D eigenvalue weighted by molar-refractivity contribution is -0.142. The molecule has 6 nitrogen and oxygen atoms in total. The molecule has 36 heavy (non-hydrogen) atoms. The van der Waals surface area contributed by atoms with Crippen LogP contribution >= 0.6 is 23.2 Å². The summed E-state index contributed by atoms with van der Waals surface area (Å²) in [6, 6.07) is 10.2. The minimum absolute atomic E-state index is 0.00851. The standard InChI is InChI=1S/C26H28Cl2F2N4O2/c1-5-26(6-2,23(29)30)24(35)31-13-15-7-9-20(28)18(11-15)22-32-21(33-25(36)34-22)16-8-10-19(27)17(12-16)14(3)4/h7-12,14,23H,5-6,13H2,1-4H3,(H,31,35)(H,32,33,34,36). The highest BCUT2D eigenvalue weighted by atomic mass is 35.5. The molecule has 0 atom stereocenters. The molecule has 3 aromatic rings. The zero-order valence-electron chi connectivity index (χ0n) is 20.5. The van der Waals surface area contributed by atoms with Gasteiger partial charge in [0.15, 0.2) is 5.82 Å². The van der Waals surface area contributed by atoms with E-state index >= 15 is 0 Å². The number of hydrogen-bond donors (Lipinski definition) is 2. The van der Waals surface area contributed by atoms with E-state index in [1.807, 2.05) is 19.9 Å². The predicted octanol–water partition coefficient (Wildman–Crippen LogP) is 6.62. The average Bonchev–Trinajstić information content (AvgIpc) is 2.84. The van der Waals surface area contributed by atoms with Crippen molar-refractivity contribution in [1.29, 1.82) is 0 Å². The van der Waals surface area contributed by atoms with Gasteiger partial charge in [-0.25, -0.2) is 18.6 Å². The number of carbonyl (C=O) groups excluding carboxylic acids is 1. The van der Waals surface area contributed by atoms with Gasteiger partial charge in [-0.1, -0.05) is 57.0 Å². The summed E-state index contributed by atoms with van der Waals surface area (Å²) in [5, 5.41) is 3.54. The summed E-state index contributed by atoms with van der Waals surface area (Å²) in [4.78, 5) is 36.1. The number of halogens is 4. The van der Waals surface area contributed by atoms with E-state index < -0.39 is 23.4 Å². The van der Waals surface area contributed by atoms with Gasteiger partial charge in [0.2, 0.25) is 5.91 Å². The fourth-order valence-corrected chi connectivity index (χ4v) is 4.51. The maximum Gasteiger partial charge on any atom is 0.348 e. The van der Waals surface area contributed by atoms with Crippen molar-refractivity contribution in [2.45, 2.75) is 59.4 Å². The van der Waals surface area contributed by atoms with E-state index in [9.17, 15) is 18.4 Å². The van der Waals surface area contributed by atoms with Crippen molar-refractivity contribution in [3.8, 4) is 22.8 Å². The minimum Gasteiger partial charge on any atom is -0.351 e. The summed E-state index contributed by atoms with van der Waals surface area (Å²) < 4.78 is 27.3. The van der Waals surface area contributed by atoms with Crippen LogP contribution in [0.15, 0.2) is 41.2 Å². The number of aromatic amines is 1. The molecule has 0 radical (unpaired) electrons. The Kier molecular flexibility index (Phi) is 8.84. The summed E-state index contributed by atoms with van der Waals surface area (Å²) in [5.74, 6) is -0.159. The number of alkyl halides is 2. The van der Waals surface area contributed by atoms with Gasteiger partial charge < -0.3 is 5.32 Å². The highest BCUT2D eigenvalue weighted by molar-refractivity contribution is 6.33. The molecule has 0 bridgehead atoms. The van der Waals surface area contributed by atoms with Crippen LogP contribution in [0.1, 0.15) is 57.6 Å². The SMILES string of the molecule is CCC(CC)(C(=O)NCc1ccc(Cl)c(-c2nc(-c3ccc(Cl)c(C(C)C)c3)nc(=O)[nH]2)c1)C(F)F. The van der Waals surface area contributed by atoms with Gasteiger partial charge in [-0.15, -0.1) is 0 Å². The number of rotatable bonds is 9. The van der Waals surface area contributed by atoms with Crippen LogP contribution in [-0.2, 0) is 11.3 Å². The van der Waals surface area contributed by atoms with Gasteiger partial charge in [-0.05, 0) is 60.2 Å². The fraction of sp³-hybridized carbons (Fsp3) is 0.385. The molecule has 0 aliphatic carbocycles. The molecule has 0 unspecified atom stereocenters. The largest absolute Gasteiger partial charge is 0.351 e. The van der Waals surface area contributed by atoms with Crippen LogP contribution < -0.4 is 11.0 Å². The highest BCUT2D eigenvalue weighted by Crippen LogP contribution is 2.34. The second kappa shape index (κ2) is 11.5. The molecule has 10 heteroatoms. The number of carbonyl (C=O) groups is 1. The molecule has 2 aromatic carbocycles. The summed E-state index contributed by atoms with van der Waals surface area (Å²) in [6.45, 7) is 7.17. The Hall–Kier alpha value is -2.84. The average molecular weight is 537 g/mol. The van der Waals surface area contributed by atoms with Crippen molar-refractivity contribution in [3.05, 3.63) is 68.1 Å². The second-order valence-corrected chi connectivity index (χ2v) is 9.69. The van der Waals surface area contributed by atoms with E-state index in [4.69, 9.17) is 23.2 Å². The van der Waals surface area contributed by atoms with Crippen molar-refractivity contribution in [2.24, 2.45) is 5.41 Å². The molecule has 0 aliphatic heterocycles. The molecule has 1 heterocycles. The minimum atomic E-state index is -2.78. The van der Waals surface area contributed by atoms with E-state index in [1.165, 1.54) is 0 Å². The van der Waals surface area contributed by atoms with Gasteiger partial charge in [0.1, 0.15) is 11.2 Å². The lowest BCUT2D eigenvalue weighted by Gasteiger charge is -2.29. The third-order valence-electron chi connectivity index (χ3n) is 6.40. The molecule has 0 saturated carbocycles. The Morgan fingerprint density at radius 1 is 1.06 bits per heavy atom. The molecule has 0 saturated heterocycles. The lowest BCUT2D eigenvalue weighted by Crippen LogP contribution is -2.44. The molecule has 3 rings (SSSR count). The number of hydrogen-bond acceptors (Lipinski definition) is 4. The molecule has 1 aromatic heterocycles. The fourth-order valence-electron chi connectivity index (χ4n) is 3.97. The quantitative estimate of drug-likeness (QED) is 0.321. The van der Waals surface area contributed by atoms with Gasteiger partial charge in [0, 0.05) is 22.7 Å². The van der Waals surface area contributed by atoms with Crippen LogP contribution in [0.5, 0.6) is 0 Å². The Morgan fingerprint density at radius 3 is 2.33 bits per heavy atom. The zero-order valence-corrected chi connectivity index (χ0v) is 22.0. The van der Waals surface area contributed by atoms with Gasteiger partial charge in [-0.3, -0.25) is 9.78 Å². The third kappa shape index (κ3) is 5.76. The Morgan fingerprint density at radius 2 is 1.72 bits per heavy atom. The zero-order chi connectivity index (χ0) is 26.6. The smallest absolute Gasteiger partial charge is 0.348 e. The number of H-pyrrole nitrogens is 1. The molecule has 192 valence electrons.